The number of pyridine rings is 1. The number of aromatic nitrogens is 3. The van der Waals surface area contributed by atoms with Crippen molar-refractivity contribution in [2.75, 3.05) is 17.3 Å². The minimum atomic E-state index is -0.235. The number of nitrogens with one attached hydrogen (secondary N) is 2. The van der Waals surface area contributed by atoms with Crippen LogP contribution in [0.15, 0.2) is 23.5 Å². The van der Waals surface area contributed by atoms with E-state index in [1.807, 2.05) is 13.8 Å². The molecular weight excluding hydrogens is 364 g/mol. The third-order valence-electron chi connectivity index (χ3n) is 3.40. The Morgan fingerprint density at radius 2 is 2.25 bits per heavy atom. The SMILES string of the molecule is CCC(Sc1nc(CCSC)c(C)[nH]1)C(=O)Nc1ccc(Cl)cn1. The summed E-state index contributed by atoms with van der Waals surface area (Å²) < 4.78 is 0. The number of aromatic amines is 1. The first-order valence-electron chi connectivity index (χ1n) is 7.67. The maximum atomic E-state index is 12.4. The molecule has 0 aliphatic heterocycles. The number of hydrogen-bond acceptors (Lipinski definition) is 5. The van der Waals surface area contributed by atoms with Crippen LogP contribution in [0.25, 0.3) is 0 Å². The molecule has 130 valence electrons. The van der Waals surface area contributed by atoms with Crippen molar-refractivity contribution < 1.29 is 4.79 Å². The van der Waals surface area contributed by atoms with Crippen molar-refractivity contribution in [3.05, 3.63) is 34.7 Å². The van der Waals surface area contributed by atoms with Crippen molar-refractivity contribution in [1.29, 1.82) is 0 Å². The van der Waals surface area contributed by atoms with E-state index < -0.39 is 0 Å². The van der Waals surface area contributed by atoms with Gasteiger partial charge in [0.05, 0.1) is 16.0 Å². The standard InChI is InChI=1S/C16H21ClN4OS2/c1-4-13(15(22)21-14-6-5-11(17)9-18-14)24-16-19-10(2)12(20-16)7-8-23-3/h5-6,9,13H,4,7-8H2,1-3H3,(H,19,20)(H,18,21,22). The van der Waals surface area contributed by atoms with Gasteiger partial charge in [-0.1, -0.05) is 30.3 Å². The zero-order valence-electron chi connectivity index (χ0n) is 13.9. The summed E-state index contributed by atoms with van der Waals surface area (Å²) in [5.41, 5.74) is 2.14. The lowest BCUT2D eigenvalue weighted by Crippen LogP contribution is -2.25. The molecule has 2 aromatic rings. The molecule has 0 aromatic carbocycles. The molecule has 0 bridgehead atoms. The Labute approximate surface area is 155 Å². The molecule has 1 amide bonds. The van der Waals surface area contributed by atoms with Gasteiger partial charge in [-0.05, 0) is 37.5 Å². The average Bonchev–Trinajstić information content (AvgIpc) is 2.92. The summed E-state index contributed by atoms with van der Waals surface area (Å²) in [6.45, 7) is 4.00. The predicted molar refractivity (Wildman–Crippen MR) is 103 cm³/mol. The maximum absolute atomic E-state index is 12.4. The number of nitrogens with zero attached hydrogens (tertiary/aromatic N) is 2. The fourth-order valence-corrected chi connectivity index (χ4v) is 3.56. The topological polar surface area (TPSA) is 70.7 Å². The molecule has 2 aromatic heterocycles. The molecular formula is C16H21ClN4OS2. The Bertz CT molecular complexity index is 675. The van der Waals surface area contributed by atoms with E-state index in [2.05, 4.69) is 26.5 Å². The summed E-state index contributed by atoms with van der Waals surface area (Å²) in [7, 11) is 0. The monoisotopic (exact) mass is 384 g/mol. The minimum Gasteiger partial charge on any atom is -0.337 e. The molecule has 2 rings (SSSR count). The summed E-state index contributed by atoms with van der Waals surface area (Å²) in [6, 6.07) is 3.39. The zero-order valence-corrected chi connectivity index (χ0v) is 16.3. The number of H-pyrrole nitrogens is 1. The van der Waals surface area contributed by atoms with Crippen LogP contribution in [0.3, 0.4) is 0 Å². The zero-order chi connectivity index (χ0) is 17.5. The van der Waals surface area contributed by atoms with Crippen LogP contribution in [0.1, 0.15) is 24.7 Å². The predicted octanol–water partition coefficient (Wildman–Crippen LogP) is 4.18. The minimum absolute atomic E-state index is 0.0861. The third kappa shape index (κ3) is 5.43. The van der Waals surface area contributed by atoms with Crippen LogP contribution < -0.4 is 5.32 Å². The number of aryl methyl sites for hydroxylation is 2. The second-order valence-electron chi connectivity index (χ2n) is 5.22. The van der Waals surface area contributed by atoms with E-state index in [-0.39, 0.29) is 11.2 Å². The van der Waals surface area contributed by atoms with Gasteiger partial charge in [0.25, 0.3) is 0 Å². The molecule has 5 nitrogen and oxygen atoms in total. The second-order valence-corrected chi connectivity index (χ2v) is 7.84. The Hall–Kier alpha value is -1.18. The van der Waals surface area contributed by atoms with Crippen molar-refractivity contribution >= 4 is 46.8 Å². The highest BCUT2D eigenvalue weighted by molar-refractivity contribution is 8.00. The number of thioether (sulfide) groups is 2. The molecule has 0 radical (unpaired) electrons. The molecule has 8 heteroatoms. The average molecular weight is 385 g/mol. The van der Waals surface area contributed by atoms with Crippen LogP contribution in [-0.4, -0.2) is 38.1 Å². The van der Waals surface area contributed by atoms with Crippen molar-refractivity contribution in [2.45, 2.75) is 37.1 Å². The van der Waals surface area contributed by atoms with Gasteiger partial charge in [0.1, 0.15) is 5.82 Å². The fourth-order valence-electron chi connectivity index (χ4n) is 2.08. The van der Waals surface area contributed by atoms with Gasteiger partial charge >= 0.3 is 0 Å². The Kier molecular flexibility index (Phi) is 7.45. The van der Waals surface area contributed by atoms with E-state index in [0.717, 1.165) is 28.7 Å². The first-order chi connectivity index (χ1) is 11.5. The molecule has 24 heavy (non-hydrogen) atoms. The van der Waals surface area contributed by atoms with Crippen LogP contribution >= 0.6 is 35.1 Å². The van der Waals surface area contributed by atoms with Crippen LogP contribution in [0, 0.1) is 6.92 Å². The molecule has 1 atom stereocenters. The van der Waals surface area contributed by atoms with E-state index >= 15 is 0 Å². The molecule has 0 saturated carbocycles. The van der Waals surface area contributed by atoms with Crippen molar-refractivity contribution in [1.82, 2.24) is 15.0 Å². The third-order valence-corrected chi connectivity index (χ3v) is 5.49. The molecule has 0 fully saturated rings. The summed E-state index contributed by atoms with van der Waals surface area (Å²) in [4.78, 5) is 24.4. The summed E-state index contributed by atoms with van der Waals surface area (Å²) in [5.74, 6) is 1.45. The van der Waals surface area contributed by atoms with Crippen LogP contribution in [-0.2, 0) is 11.2 Å². The maximum Gasteiger partial charge on any atom is 0.239 e. The van der Waals surface area contributed by atoms with Gasteiger partial charge in [-0.25, -0.2) is 9.97 Å². The molecule has 2 heterocycles. The first kappa shape index (κ1) is 19.1. The number of carbonyl (C=O) groups is 1. The lowest BCUT2D eigenvalue weighted by Gasteiger charge is -2.12. The number of imidazole rings is 1. The molecule has 0 aliphatic rings. The van der Waals surface area contributed by atoms with E-state index in [9.17, 15) is 4.79 Å². The smallest absolute Gasteiger partial charge is 0.239 e. The Morgan fingerprint density at radius 1 is 1.46 bits per heavy atom. The van der Waals surface area contributed by atoms with E-state index in [0.29, 0.717) is 17.3 Å². The first-order valence-corrected chi connectivity index (χ1v) is 10.3. The van der Waals surface area contributed by atoms with E-state index in [1.165, 1.54) is 18.0 Å². The Balaban J connectivity index is 2.00. The lowest BCUT2D eigenvalue weighted by atomic mass is 10.3. The number of rotatable bonds is 8. The van der Waals surface area contributed by atoms with Gasteiger partial charge in [0.15, 0.2) is 5.16 Å². The molecule has 2 N–H and O–H groups in total. The molecule has 1 unspecified atom stereocenters. The van der Waals surface area contributed by atoms with Gasteiger partial charge < -0.3 is 10.3 Å². The number of halogens is 1. The largest absolute Gasteiger partial charge is 0.337 e. The summed E-state index contributed by atoms with van der Waals surface area (Å²) >= 11 is 9.05. The lowest BCUT2D eigenvalue weighted by molar-refractivity contribution is -0.115. The van der Waals surface area contributed by atoms with Crippen molar-refractivity contribution in [3.63, 3.8) is 0 Å². The van der Waals surface area contributed by atoms with E-state index in [4.69, 9.17) is 11.6 Å². The van der Waals surface area contributed by atoms with Gasteiger partial charge in [0, 0.05) is 18.3 Å². The van der Waals surface area contributed by atoms with Gasteiger partial charge in [0.2, 0.25) is 5.91 Å². The molecule has 0 spiro atoms. The van der Waals surface area contributed by atoms with Gasteiger partial charge in [-0.3, -0.25) is 4.79 Å². The number of hydrogen-bond donors (Lipinski definition) is 2. The number of anilines is 1. The summed E-state index contributed by atoms with van der Waals surface area (Å²) in [6.07, 6.45) is 5.23. The molecule has 0 aliphatic carbocycles. The fraction of sp³-hybridized carbons (Fsp3) is 0.438. The van der Waals surface area contributed by atoms with Crippen LogP contribution in [0.2, 0.25) is 5.02 Å². The van der Waals surface area contributed by atoms with Crippen LogP contribution in [0.5, 0.6) is 0 Å². The second kappa shape index (κ2) is 9.34. The molecule has 0 saturated heterocycles. The van der Waals surface area contributed by atoms with Gasteiger partial charge in [-0.2, -0.15) is 11.8 Å². The van der Waals surface area contributed by atoms with Gasteiger partial charge in [-0.15, -0.1) is 0 Å². The Morgan fingerprint density at radius 3 is 2.88 bits per heavy atom. The highest BCUT2D eigenvalue weighted by Gasteiger charge is 2.20. The normalized spacial score (nSPS) is 12.2. The highest BCUT2D eigenvalue weighted by Crippen LogP contribution is 2.25. The van der Waals surface area contributed by atoms with Crippen LogP contribution in [0.4, 0.5) is 5.82 Å². The van der Waals surface area contributed by atoms with Crippen molar-refractivity contribution in [3.8, 4) is 0 Å². The number of amides is 1. The number of carbonyl (C=O) groups excluding carboxylic acids is 1. The van der Waals surface area contributed by atoms with E-state index in [1.54, 1.807) is 23.9 Å². The summed E-state index contributed by atoms with van der Waals surface area (Å²) in [5, 5.41) is 3.91. The quantitative estimate of drug-likeness (QED) is 0.668. The van der Waals surface area contributed by atoms with Crippen molar-refractivity contribution in [2.24, 2.45) is 0 Å². The highest BCUT2D eigenvalue weighted by atomic mass is 35.5.